The van der Waals surface area contributed by atoms with Gasteiger partial charge in [0, 0.05) is 18.0 Å². The molecule has 0 bridgehead atoms. The fraction of sp³-hybridized carbons (Fsp3) is 0.429. The molecular weight excluding hydrogens is 262 g/mol. The normalized spacial score (nSPS) is 18.9. The SMILES string of the molecule is Cc1ccc(-c2nc(C3CCCNC3)no2)cc1.Cl. The maximum absolute atomic E-state index is 5.35. The lowest BCUT2D eigenvalue weighted by molar-refractivity contribution is 0.393. The quantitative estimate of drug-likeness (QED) is 0.918. The molecule has 4 nitrogen and oxygen atoms in total. The van der Waals surface area contributed by atoms with Crippen molar-refractivity contribution < 1.29 is 4.52 Å². The Hall–Kier alpha value is -1.39. The van der Waals surface area contributed by atoms with Gasteiger partial charge in [0.2, 0.25) is 0 Å². The van der Waals surface area contributed by atoms with Crippen LogP contribution in [0.2, 0.25) is 0 Å². The number of aryl methyl sites for hydroxylation is 1. The zero-order chi connectivity index (χ0) is 12.4. The highest BCUT2D eigenvalue weighted by Crippen LogP contribution is 2.24. The Labute approximate surface area is 119 Å². The number of nitrogens with zero attached hydrogens (tertiary/aromatic N) is 2. The van der Waals surface area contributed by atoms with Gasteiger partial charge in [-0.1, -0.05) is 22.9 Å². The molecule has 1 fully saturated rings. The number of aromatic nitrogens is 2. The summed E-state index contributed by atoms with van der Waals surface area (Å²) in [5.41, 5.74) is 2.22. The van der Waals surface area contributed by atoms with Gasteiger partial charge in [-0.05, 0) is 38.4 Å². The molecule has 1 aromatic heterocycles. The third-order valence-corrected chi connectivity index (χ3v) is 3.40. The lowest BCUT2D eigenvalue weighted by Gasteiger charge is -2.19. The van der Waals surface area contributed by atoms with Crippen molar-refractivity contribution in [1.82, 2.24) is 15.5 Å². The second-order valence-electron chi connectivity index (χ2n) is 4.87. The van der Waals surface area contributed by atoms with Gasteiger partial charge < -0.3 is 9.84 Å². The predicted octanol–water partition coefficient (Wildman–Crippen LogP) is 2.93. The van der Waals surface area contributed by atoms with Crippen LogP contribution in [0.4, 0.5) is 0 Å². The van der Waals surface area contributed by atoms with Crippen LogP contribution >= 0.6 is 12.4 Å². The average Bonchev–Trinajstić information content (AvgIpc) is 2.90. The second kappa shape index (κ2) is 6.17. The van der Waals surface area contributed by atoms with E-state index < -0.39 is 0 Å². The molecule has 0 saturated carbocycles. The van der Waals surface area contributed by atoms with Gasteiger partial charge in [-0.15, -0.1) is 12.4 Å². The first-order chi connectivity index (χ1) is 8.83. The maximum Gasteiger partial charge on any atom is 0.257 e. The van der Waals surface area contributed by atoms with Gasteiger partial charge in [0.05, 0.1) is 0 Å². The lowest BCUT2D eigenvalue weighted by atomic mass is 9.99. The first-order valence-electron chi connectivity index (χ1n) is 6.44. The molecule has 2 aromatic rings. The second-order valence-corrected chi connectivity index (χ2v) is 4.87. The van der Waals surface area contributed by atoms with Crippen LogP contribution in [0.1, 0.15) is 30.1 Å². The standard InChI is InChI=1S/C14H17N3O.ClH/c1-10-4-6-11(7-5-10)14-16-13(17-18-14)12-3-2-8-15-9-12;/h4-7,12,15H,2-3,8-9H2,1H3;1H. The van der Waals surface area contributed by atoms with E-state index in [-0.39, 0.29) is 12.4 Å². The summed E-state index contributed by atoms with van der Waals surface area (Å²) in [6, 6.07) is 8.15. The van der Waals surface area contributed by atoms with Crippen LogP contribution in [0.3, 0.4) is 0 Å². The van der Waals surface area contributed by atoms with Crippen molar-refractivity contribution in [3.63, 3.8) is 0 Å². The molecule has 3 rings (SSSR count). The van der Waals surface area contributed by atoms with Gasteiger partial charge >= 0.3 is 0 Å². The minimum Gasteiger partial charge on any atom is -0.334 e. The number of hydrogen-bond donors (Lipinski definition) is 1. The Morgan fingerprint density at radius 2 is 2.05 bits per heavy atom. The molecule has 5 heteroatoms. The highest BCUT2D eigenvalue weighted by Gasteiger charge is 2.20. The summed E-state index contributed by atoms with van der Waals surface area (Å²) in [5, 5.41) is 7.48. The largest absolute Gasteiger partial charge is 0.334 e. The predicted molar refractivity (Wildman–Crippen MR) is 76.6 cm³/mol. The van der Waals surface area contributed by atoms with E-state index in [1.54, 1.807) is 0 Å². The summed E-state index contributed by atoms with van der Waals surface area (Å²) in [7, 11) is 0. The van der Waals surface area contributed by atoms with E-state index in [1.165, 1.54) is 12.0 Å². The molecular formula is C14H18ClN3O. The monoisotopic (exact) mass is 279 g/mol. The van der Waals surface area contributed by atoms with Gasteiger partial charge in [-0.3, -0.25) is 0 Å². The molecule has 1 atom stereocenters. The number of hydrogen-bond acceptors (Lipinski definition) is 4. The van der Waals surface area contributed by atoms with Crippen LogP contribution in [0.5, 0.6) is 0 Å². The summed E-state index contributed by atoms with van der Waals surface area (Å²) in [6.45, 7) is 4.11. The van der Waals surface area contributed by atoms with Crippen molar-refractivity contribution in [3.8, 4) is 11.5 Å². The molecule has 0 aliphatic carbocycles. The number of piperidine rings is 1. The Bertz CT molecular complexity index is 518. The molecule has 19 heavy (non-hydrogen) atoms. The van der Waals surface area contributed by atoms with E-state index in [4.69, 9.17) is 4.52 Å². The zero-order valence-corrected chi connectivity index (χ0v) is 11.7. The van der Waals surface area contributed by atoms with Crippen LogP contribution < -0.4 is 5.32 Å². The van der Waals surface area contributed by atoms with Gasteiger partial charge in [0.25, 0.3) is 5.89 Å². The molecule has 0 spiro atoms. The van der Waals surface area contributed by atoms with Crippen molar-refractivity contribution in [3.05, 3.63) is 35.7 Å². The molecule has 1 aliphatic heterocycles. The molecule has 102 valence electrons. The first kappa shape index (κ1) is 14.0. The van der Waals surface area contributed by atoms with E-state index in [2.05, 4.69) is 34.5 Å². The number of benzene rings is 1. The smallest absolute Gasteiger partial charge is 0.257 e. The molecule has 1 saturated heterocycles. The summed E-state index contributed by atoms with van der Waals surface area (Å²) >= 11 is 0. The molecule has 2 heterocycles. The van der Waals surface area contributed by atoms with Crippen LogP contribution in [0.25, 0.3) is 11.5 Å². The molecule has 1 unspecified atom stereocenters. The van der Waals surface area contributed by atoms with Crippen LogP contribution in [-0.2, 0) is 0 Å². The van der Waals surface area contributed by atoms with E-state index in [0.29, 0.717) is 11.8 Å². The molecule has 0 radical (unpaired) electrons. The summed E-state index contributed by atoms with van der Waals surface area (Å²) in [6.07, 6.45) is 2.32. The maximum atomic E-state index is 5.35. The Kier molecular flexibility index (Phi) is 4.56. The molecule has 1 aromatic carbocycles. The van der Waals surface area contributed by atoms with Crippen molar-refractivity contribution in [2.75, 3.05) is 13.1 Å². The van der Waals surface area contributed by atoms with E-state index in [9.17, 15) is 0 Å². The third-order valence-electron chi connectivity index (χ3n) is 3.40. The Morgan fingerprint density at radius 3 is 2.74 bits per heavy atom. The van der Waals surface area contributed by atoms with Crippen LogP contribution in [0, 0.1) is 6.92 Å². The summed E-state index contributed by atoms with van der Waals surface area (Å²) in [5.74, 6) is 1.84. The average molecular weight is 280 g/mol. The molecule has 1 N–H and O–H groups in total. The highest BCUT2D eigenvalue weighted by molar-refractivity contribution is 5.85. The van der Waals surface area contributed by atoms with Crippen molar-refractivity contribution in [2.24, 2.45) is 0 Å². The van der Waals surface area contributed by atoms with Crippen LogP contribution in [-0.4, -0.2) is 23.2 Å². The van der Waals surface area contributed by atoms with Crippen molar-refractivity contribution >= 4 is 12.4 Å². The van der Waals surface area contributed by atoms with Crippen LogP contribution in [0.15, 0.2) is 28.8 Å². The highest BCUT2D eigenvalue weighted by atomic mass is 35.5. The Balaban J connectivity index is 0.00000133. The van der Waals surface area contributed by atoms with E-state index >= 15 is 0 Å². The van der Waals surface area contributed by atoms with E-state index in [1.807, 2.05) is 12.1 Å². The summed E-state index contributed by atoms with van der Waals surface area (Å²) < 4.78 is 5.35. The topological polar surface area (TPSA) is 51.0 Å². The fourth-order valence-electron chi connectivity index (χ4n) is 2.29. The third kappa shape index (κ3) is 3.14. The minimum atomic E-state index is 0. The number of nitrogens with one attached hydrogen (secondary N) is 1. The lowest BCUT2D eigenvalue weighted by Crippen LogP contribution is -2.28. The number of halogens is 1. The molecule has 1 aliphatic rings. The number of rotatable bonds is 2. The van der Waals surface area contributed by atoms with Crippen molar-refractivity contribution in [1.29, 1.82) is 0 Å². The first-order valence-corrected chi connectivity index (χ1v) is 6.44. The summed E-state index contributed by atoms with van der Waals surface area (Å²) in [4.78, 5) is 4.52. The van der Waals surface area contributed by atoms with Gasteiger partial charge in [-0.25, -0.2) is 0 Å². The van der Waals surface area contributed by atoms with E-state index in [0.717, 1.165) is 30.9 Å². The van der Waals surface area contributed by atoms with Gasteiger partial charge in [0.15, 0.2) is 5.82 Å². The van der Waals surface area contributed by atoms with Crippen molar-refractivity contribution in [2.45, 2.75) is 25.7 Å². The zero-order valence-electron chi connectivity index (χ0n) is 10.9. The fourth-order valence-corrected chi connectivity index (χ4v) is 2.29. The Morgan fingerprint density at radius 1 is 1.26 bits per heavy atom. The van der Waals surface area contributed by atoms with Gasteiger partial charge in [0.1, 0.15) is 0 Å². The van der Waals surface area contributed by atoms with Gasteiger partial charge in [-0.2, -0.15) is 4.98 Å². The minimum absolute atomic E-state index is 0. The molecule has 0 amide bonds.